The topological polar surface area (TPSA) is 35.6 Å². The summed E-state index contributed by atoms with van der Waals surface area (Å²) in [5.41, 5.74) is 4.57. The Balaban J connectivity index is 1.44. The number of carbonyl (C=O) groups excluding carboxylic acids is 1. The molecular weight excluding hydrogens is 370 g/mol. The standard InChI is InChI=1S/C26H27N3O/c30-26-27-24-16-8-7-15-23(24)25(21-12-5-2-6-13-21)29(26)19-22-14-9-17-28(22)18-20-10-3-1-4-11-20/h1-8,10-13,15-16,22,25H,9,14,17-19H2,(H,27,30). The number of hydrogen-bond donors (Lipinski definition) is 1. The molecule has 2 aliphatic heterocycles. The van der Waals surface area contributed by atoms with Gasteiger partial charge in [0.1, 0.15) is 0 Å². The molecule has 2 unspecified atom stereocenters. The zero-order chi connectivity index (χ0) is 20.3. The Kier molecular flexibility index (Phi) is 5.24. The number of hydrogen-bond acceptors (Lipinski definition) is 2. The normalized spacial score (nSPS) is 21.3. The van der Waals surface area contributed by atoms with Crippen molar-refractivity contribution in [2.45, 2.75) is 31.5 Å². The molecular formula is C26H27N3O. The van der Waals surface area contributed by atoms with Crippen LogP contribution in [0.2, 0.25) is 0 Å². The molecule has 152 valence electrons. The van der Waals surface area contributed by atoms with Crippen LogP contribution >= 0.6 is 0 Å². The largest absolute Gasteiger partial charge is 0.322 e. The Morgan fingerprint density at radius 2 is 1.57 bits per heavy atom. The predicted molar refractivity (Wildman–Crippen MR) is 120 cm³/mol. The van der Waals surface area contributed by atoms with Gasteiger partial charge < -0.3 is 10.2 Å². The van der Waals surface area contributed by atoms with Gasteiger partial charge >= 0.3 is 6.03 Å². The zero-order valence-corrected chi connectivity index (χ0v) is 17.1. The second-order valence-corrected chi connectivity index (χ2v) is 8.24. The molecule has 1 fully saturated rings. The van der Waals surface area contributed by atoms with Crippen molar-refractivity contribution in [3.63, 3.8) is 0 Å². The molecule has 1 N–H and O–H groups in total. The zero-order valence-electron chi connectivity index (χ0n) is 17.1. The third-order valence-corrected chi connectivity index (χ3v) is 6.32. The third kappa shape index (κ3) is 3.71. The van der Waals surface area contributed by atoms with E-state index in [4.69, 9.17) is 0 Å². The molecule has 3 aromatic rings. The van der Waals surface area contributed by atoms with Crippen LogP contribution in [-0.4, -0.2) is 35.0 Å². The first kappa shape index (κ1) is 18.9. The fraction of sp³-hybridized carbons (Fsp3) is 0.269. The van der Waals surface area contributed by atoms with Crippen LogP contribution < -0.4 is 5.32 Å². The summed E-state index contributed by atoms with van der Waals surface area (Å²) in [6.45, 7) is 2.75. The summed E-state index contributed by atoms with van der Waals surface area (Å²) in [7, 11) is 0. The molecule has 0 radical (unpaired) electrons. The first-order valence-corrected chi connectivity index (χ1v) is 10.8. The van der Waals surface area contributed by atoms with Gasteiger partial charge in [-0.25, -0.2) is 4.79 Å². The van der Waals surface area contributed by atoms with E-state index in [0.717, 1.165) is 42.9 Å². The fourth-order valence-electron chi connectivity index (χ4n) is 4.86. The van der Waals surface area contributed by atoms with Gasteiger partial charge in [-0.2, -0.15) is 0 Å². The van der Waals surface area contributed by atoms with Gasteiger partial charge in [0.05, 0.1) is 6.04 Å². The van der Waals surface area contributed by atoms with E-state index >= 15 is 0 Å². The van der Waals surface area contributed by atoms with E-state index in [2.05, 4.69) is 76.9 Å². The number of urea groups is 1. The molecule has 0 bridgehead atoms. The summed E-state index contributed by atoms with van der Waals surface area (Å²) in [5, 5.41) is 3.12. The Morgan fingerprint density at radius 1 is 0.867 bits per heavy atom. The lowest BCUT2D eigenvalue weighted by Gasteiger charge is -2.40. The van der Waals surface area contributed by atoms with Crippen LogP contribution in [0, 0.1) is 0 Å². The van der Waals surface area contributed by atoms with Gasteiger partial charge in [-0.1, -0.05) is 78.9 Å². The molecule has 3 aromatic carbocycles. The van der Waals surface area contributed by atoms with E-state index in [1.165, 1.54) is 12.0 Å². The molecule has 0 aromatic heterocycles. The van der Waals surface area contributed by atoms with Crippen molar-refractivity contribution >= 4 is 11.7 Å². The number of nitrogens with one attached hydrogen (secondary N) is 1. The van der Waals surface area contributed by atoms with Gasteiger partial charge in [-0.3, -0.25) is 4.90 Å². The van der Waals surface area contributed by atoms with Crippen LogP contribution in [0.15, 0.2) is 84.9 Å². The van der Waals surface area contributed by atoms with Crippen molar-refractivity contribution in [1.29, 1.82) is 0 Å². The lowest BCUT2D eigenvalue weighted by atomic mass is 9.93. The lowest BCUT2D eigenvalue weighted by Crippen LogP contribution is -2.48. The minimum Gasteiger partial charge on any atom is -0.312 e. The highest BCUT2D eigenvalue weighted by Crippen LogP contribution is 2.38. The molecule has 2 amide bonds. The van der Waals surface area contributed by atoms with Crippen LogP contribution in [0.5, 0.6) is 0 Å². The average Bonchev–Trinajstić information content (AvgIpc) is 3.22. The maximum Gasteiger partial charge on any atom is 0.322 e. The number of amides is 2. The number of para-hydroxylation sites is 1. The van der Waals surface area contributed by atoms with E-state index in [-0.39, 0.29) is 12.1 Å². The Morgan fingerprint density at radius 3 is 2.37 bits per heavy atom. The third-order valence-electron chi connectivity index (χ3n) is 6.32. The summed E-state index contributed by atoms with van der Waals surface area (Å²) < 4.78 is 0. The highest BCUT2D eigenvalue weighted by atomic mass is 16.2. The monoisotopic (exact) mass is 397 g/mol. The minimum atomic E-state index is -0.0599. The van der Waals surface area contributed by atoms with Crippen molar-refractivity contribution in [3.8, 4) is 0 Å². The number of rotatable bonds is 5. The van der Waals surface area contributed by atoms with E-state index in [1.54, 1.807) is 0 Å². The predicted octanol–water partition coefficient (Wildman–Crippen LogP) is 5.29. The summed E-state index contributed by atoms with van der Waals surface area (Å²) in [5.74, 6) is 0. The van der Waals surface area contributed by atoms with Gasteiger partial charge in [-0.15, -0.1) is 0 Å². The van der Waals surface area contributed by atoms with Crippen LogP contribution in [0.3, 0.4) is 0 Å². The van der Waals surface area contributed by atoms with Crippen molar-refractivity contribution in [1.82, 2.24) is 9.80 Å². The van der Waals surface area contributed by atoms with Crippen LogP contribution in [-0.2, 0) is 6.54 Å². The number of likely N-dealkylation sites (tertiary alicyclic amines) is 1. The maximum atomic E-state index is 13.2. The van der Waals surface area contributed by atoms with Gasteiger partial charge in [-0.05, 0) is 36.6 Å². The molecule has 4 heteroatoms. The number of benzene rings is 3. The first-order chi connectivity index (χ1) is 14.8. The molecule has 4 nitrogen and oxygen atoms in total. The highest BCUT2D eigenvalue weighted by Gasteiger charge is 2.36. The molecule has 2 aliphatic rings. The summed E-state index contributed by atoms with van der Waals surface area (Å²) in [6.07, 6.45) is 2.30. The molecule has 30 heavy (non-hydrogen) atoms. The molecule has 2 heterocycles. The number of carbonyl (C=O) groups is 1. The second-order valence-electron chi connectivity index (χ2n) is 8.24. The number of fused-ring (bicyclic) bond motifs is 1. The fourth-order valence-corrected chi connectivity index (χ4v) is 4.86. The van der Waals surface area contributed by atoms with E-state index < -0.39 is 0 Å². The van der Waals surface area contributed by atoms with E-state index in [1.807, 2.05) is 23.1 Å². The second kappa shape index (κ2) is 8.33. The van der Waals surface area contributed by atoms with Gasteiger partial charge in [0.25, 0.3) is 0 Å². The maximum absolute atomic E-state index is 13.2. The average molecular weight is 398 g/mol. The molecule has 5 rings (SSSR count). The molecule has 2 atom stereocenters. The molecule has 0 saturated carbocycles. The Hall–Kier alpha value is -3.11. The Bertz CT molecular complexity index is 1010. The van der Waals surface area contributed by atoms with Gasteiger partial charge in [0, 0.05) is 30.4 Å². The van der Waals surface area contributed by atoms with Crippen molar-refractivity contribution < 1.29 is 4.79 Å². The first-order valence-electron chi connectivity index (χ1n) is 10.8. The lowest BCUT2D eigenvalue weighted by molar-refractivity contribution is 0.154. The van der Waals surface area contributed by atoms with E-state index in [9.17, 15) is 4.79 Å². The van der Waals surface area contributed by atoms with Crippen molar-refractivity contribution in [2.75, 3.05) is 18.4 Å². The van der Waals surface area contributed by atoms with E-state index in [0.29, 0.717) is 6.04 Å². The van der Waals surface area contributed by atoms with Crippen LogP contribution in [0.1, 0.15) is 35.6 Å². The van der Waals surface area contributed by atoms with Crippen LogP contribution in [0.25, 0.3) is 0 Å². The molecule has 0 spiro atoms. The molecule has 1 saturated heterocycles. The van der Waals surface area contributed by atoms with Crippen molar-refractivity contribution in [2.24, 2.45) is 0 Å². The SMILES string of the molecule is O=C1Nc2ccccc2C(c2ccccc2)N1CC1CCCN1Cc1ccccc1. The molecule has 0 aliphatic carbocycles. The minimum absolute atomic E-state index is 0.00545. The van der Waals surface area contributed by atoms with Crippen LogP contribution in [0.4, 0.5) is 10.5 Å². The number of nitrogens with zero attached hydrogens (tertiary/aromatic N) is 2. The smallest absolute Gasteiger partial charge is 0.312 e. The summed E-state index contributed by atoms with van der Waals surface area (Å²) >= 11 is 0. The van der Waals surface area contributed by atoms with Gasteiger partial charge in [0.15, 0.2) is 0 Å². The van der Waals surface area contributed by atoms with Crippen molar-refractivity contribution in [3.05, 3.63) is 102 Å². The van der Waals surface area contributed by atoms with Gasteiger partial charge in [0.2, 0.25) is 0 Å². The summed E-state index contributed by atoms with van der Waals surface area (Å²) in [6, 6.07) is 29.5. The quantitative estimate of drug-likeness (QED) is 0.635. The number of anilines is 1. The highest BCUT2D eigenvalue weighted by molar-refractivity contribution is 5.93. The Labute approximate surface area is 178 Å². The summed E-state index contributed by atoms with van der Waals surface area (Å²) in [4.78, 5) is 17.8.